The summed E-state index contributed by atoms with van der Waals surface area (Å²) in [6.07, 6.45) is 12.8. The lowest BCUT2D eigenvalue weighted by atomic mass is 9.84. The van der Waals surface area contributed by atoms with Gasteiger partial charge < -0.3 is 5.32 Å². The van der Waals surface area contributed by atoms with Crippen LogP contribution in [-0.4, -0.2) is 12.6 Å². The highest BCUT2D eigenvalue weighted by Crippen LogP contribution is 2.28. The SMILES string of the molecule is CCNC(CCc1ccsc1)CCC1CCCCC1. The molecule has 108 valence electrons. The first-order valence-electron chi connectivity index (χ1n) is 8.13. The van der Waals surface area contributed by atoms with Gasteiger partial charge in [0.1, 0.15) is 0 Å². The van der Waals surface area contributed by atoms with Gasteiger partial charge in [0.25, 0.3) is 0 Å². The zero-order valence-corrected chi connectivity index (χ0v) is 13.2. The third-order valence-electron chi connectivity index (χ3n) is 4.50. The van der Waals surface area contributed by atoms with Crippen LogP contribution in [0.3, 0.4) is 0 Å². The predicted octanol–water partition coefficient (Wildman–Crippen LogP) is 5.02. The van der Waals surface area contributed by atoms with Crippen LogP contribution in [-0.2, 0) is 6.42 Å². The summed E-state index contributed by atoms with van der Waals surface area (Å²) in [7, 11) is 0. The predicted molar refractivity (Wildman–Crippen MR) is 85.9 cm³/mol. The van der Waals surface area contributed by atoms with E-state index in [2.05, 4.69) is 29.1 Å². The highest BCUT2D eigenvalue weighted by Gasteiger charge is 2.15. The summed E-state index contributed by atoms with van der Waals surface area (Å²) in [5.41, 5.74) is 1.52. The Kier molecular flexibility index (Phi) is 6.94. The van der Waals surface area contributed by atoms with E-state index in [0.29, 0.717) is 0 Å². The topological polar surface area (TPSA) is 12.0 Å². The van der Waals surface area contributed by atoms with Crippen molar-refractivity contribution in [3.8, 4) is 0 Å². The molecule has 1 aliphatic rings. The minimum absolute atomic E-state index is 0.729. The van der Waals surface area contributed by atoms with Crippen LogP contribution in [0.1, 0.15) is 63.9 Å². The Labute approximate surface area is 122 Å². The quantitative estimate of drug-likeness (QED) is 0.704. The normalized spacial score (nSPS) is 18.6. The molecule has 2 heteroatoms. The summed E-state index contributed by atoms with van der Waals surface area (Å²) in [4.78, 5) is 0. The molecule has 0 spiro atoms. The minimum Gasteiger partial charge on any atom is -0.314 e. The zero-order valence-electron chi connectivity index (χ0n) is 12.4. The first-order valence-corrected chi connectivity index (χ1v) is 9.07. The van der Waals surface area contributed by atoms with E-state index in [1.54, 1.807) is 0 Å². The maximum Gasteiger partial charge on any atom is 0.00702 e. The molecule has 0 aliphatic heterocycles. The number of hydrogen-bond acceptors (Lipinski definition) is 2. The average molecular weight is 279 g/mol. The molecule has 0 saturated heterocycles. The molecule has 1 atom stereocenters. The van der Waals surface area contributed by atoms with Crippen molar-refractivity contribution in [3.63, 3.8) is 0 Å². The highest BCUT2D eigenvalue weighted by atomic mass is 32.1. The van der Waals surface area contributed by atoms with Crippen LogP contribution in [0.2, 0.25) is 0 Å². The lowest BCUT2D eigenvalue weighted by Gasteiger charge is -2.24. The van der Waals surface area contributed by atoms with Gasteiger partial charge in [0.05, 0.1) is 0 Å². The molecule has 1 fully saturated rings. The van der Waals surface area contributed by atoms with Crippen LogP contribution in [0.5, 0.6) is 0 Å². The van der Waals surface area contributed by atoms with Crippen molar-refractivity contribution in [2.45, 2.75) is 70.8 Å². The molecule has 0 radical (unpaired) electrons. The lowest BCUT2D eigenvalue weighted by molar-refractivity contribution is 0.310. The van der Waals surface area contributed by atoms with Crippen LogP contribution in [0, 0.1) is 5.92 Å². The van der Waals surface area contributed by atoms with E-state index >= 15 is 0 Å². The third-order valence-corrected chi connectivity index (χ3v) is 5.23. The Hall–Kier alpha value is -0.340. The van der Waals surface area contributed by atoms with E-state index in [1.165, 1.54) is 63.4 Å². The van der Waals surface area contributed by atoms with Gasteiger partial charge in [-0.25, -0.2) is 0 Å². The fourth-order valence-corrected chi connectivity index (χ4v) is 4.03. The Bertz CT molecular complexity index is 314. The summed E-state index contributed by atoms with van der Waals surface area (Å²) in [6, 6.07) is 3.00. The van der Waals surface area contributed by atoms with E-state index in [-0.39, 0.29) is 0 Å². The molecule has 1 aromatic rings. The molecule has 1 aliphatic carbocycles. The van der Waals surface area contributed by atoms with Crippen LogP contribution in [0.4, 0.5) is 0 Å². The van der Waals surface area contributed by atoms with Crippen LogP contribution in [0.25, 0.3) is 0 Å². The Balaban J connectivity index is 1.68. The number of rotatable bonds is 8. The highest BCUT2D eigenvalue weighted by molar-refractivity contribution is 7.07. The van der Waals surface area contributed by atoms with E-state index in [4.69, 9.17) is 0 Å². The second-order valence-corrected chi connectivity index (χ2v) is 6.79. The van der Waals surface area contributed by atoms with Crippen molar-refractivity contribution in [3.05, 3.63) is 22.4 Å². The number of nitrogens with one attached hydrogen (secondary N) is 1. The number of aryl methyl sites for hydroxylation is 1. The second kappa shape index (κ2) is 8.76. The van der Waals surface area contributed by atoms with Gasteiger partial charge in [-0.15, -0.1) is 0 Å². The summed E-state index contributed by atoms with van der Waals surface area (Å²) in [5.74, 6) is 1.02. The van der Waals surface area contributed by atoms with Crippen molar-refractivity contribution in [1.29, 1.82) is 0 Å². The summed E-state index contributed by atoms with van der Waals surface area (Å²) in [5, 5.41) is 8.18. The molecule has 1 unspecified atom stereocenters. The number of hydrogen-bond donors (Lipinski definition) is 1. The van der Waals surface area contributed by atoms with E-state index in [0.717, 1.165) is 18.5 Å². The van der Waals surface area contributed by atoms with Crippen LogP contribution < -0.4 is 5.32 Å². The maximum atomic E-state index is 3.69. The number of thiophene rings is 1. The van der Waals surface area contributed by atoms with Gasteiger partial charge >= 0.3 is 0 Å². The van der Waals surface area contributed by atoms with E-state index < -0.39 is 0 Å². The van der Waals surface area contributed by atoms with Crippen molar-refractivity contribution < 1.29 is 0 Å². The Morgan fingerprint density at radius 1 is 1.26 bits per heavy atom. The Morgan fingerprint density at radius 3 is 2.79 bits per heavy atom. The van der Waals surface area contributed by atoms with Gasteiger partial charge in [0, 0.05) is 6.04 Å². The summed E-state index contributed by atoms with van der Waals surface area (Å²) >= 11 is 1.82. The monoisotopic (exact) mass is 279 g/mol. The molecule has 0 amide bonds. The molecule has 1 aromatic heterocycles. The third kappa shape index (κ3) is 5.66. The van der Waals surface area contributed by atoms with Crippen molar-refractivity contribution in [2.24, 2.45) is 5.92 Å². The van der Waals surface area contributed by atoms with Gasteiger partial charge in [0.15, 0.2) is 0 Å². The van der Waals surface area contributed by atoms with Crippen molar-refractivity contribution >= 4 is 11.3 Å². The Morgan fingerprint density at radius 2 is 2.11 bits per heavy atom. The van der Waals surface area contributed by atoms with Crippen LogP contribution >= 0.6 is 11.3 Å². The van der Waals surface area contributed by atoms with Gasteiger partial charge in [-0.3, -0.25) is 0 Å². The first kappa shape index (κ1) is 15.1. The summed E-state index contributed by atoms with van der Waals surface area (Å²) < 4.78 is 0. The average Bonchev–Trinajstić information content (AvgIpc) is 2.96. The molecule has 0 aromatic carbocycles. The van der Waals surface area contributed by atoms with E-state index in [9.17, 15) is 0 Å². The largest absolute Gasteiger partial charge is 0.314 e. The molecule has 2 rings (SSSR count). The zero-order chi connectivity index (χ0) is 13.3. The van der Waals surface area contributed by atoms with Gasteiger partial charge in [-0.1, -0.05) is 39.0 Å². The van der Waals surface area contributed by atoms with Crippen LogP contribution in [0.15, 0.2) is 16.8 Å². The summed E-state index contributed by atoms with van der Waals surface area (Å²) in [6.45, 7) is 3.34. The molecule has 1 nitrogen and oxygen atoms in total. The van der Waals surface area contributed by atoms with E-state index in [1.807, 2.05) is 11.3 Å². The molecule has 1 heterocycles. The fourth-order valence-electron chi connectivity index (χ4n) is 3.33. The molecular weight excluding hydrogens is 250 g/mol. The molecule has 1 saturated carbocycles. The molecular formula is C17H29NS. The smallest absolute Gasteiger partial charge is 0.00702 e. The lowest BCUT2D eigenvalue weighted by Crippen LogP contribution is -2.30. The van der Waals surface area contributed by atoms with Crippen molar-refractivity contribution in [1.82, 2.24) is 5.32 Å². The van der Waals surface area contributed by atoms with Gasteiger partial charge in [-0.05, 0) is 60.5 Å². The standard InChI is InChI=1S/C17H29NS/c1-2-18-17(11-9-16-12-13-19-14-16)10-8-15-6-4-3-5-7-15/h12-15,17-18H,2-11H2,1H3. The van der Waals surface area contributed by atoms with Gasteiger partial charge in [-0.2, -0.15) is 11.3 Å². The van der Waals surface area contributed by atoms with Gasteiger partial charge in [0.2, 0.25) is 0 Å². The first-order chi connectivity index (χ1) is 9.38. The molecule has 0 bridgehead atoms. The second-order valence-electron chi connectivity index (χ2n) is 6.01. The maximum absolute atomic E-state index is 3.69. The van der Waals surface area contributed by atoms with Crippen molar-refractivity contribution in [2.75, 3.05) is 6.54 Å². The minimum atomic E-state index is 0.729. The molecule has 1 N–H and O–H groups in total. The fraction of sp³-hybridized carbons (Fsp3) is 0.765. The molecule has 19 heavy (non-hydrogen) atoms.